The van der Waals surface area contributed by atoms with Gasteiger partial charge in [0, 0.05) is 6.54 Å². The highest BCUT2D eigenvalue weighted by Crippen LogP contribution is 2.25. The first-order valence-electron chi connectivity index (χ1n) is 5.11. The van der Waals surface area contributed by atoms with Crippen molar-refractivity contribution in [1.29, 1.82) is 0 Å². The van der Waals surface area contributed by atoms with Gasteiger partial charge < -0.3 is 15.9 Å². The number of rotatable bonds is 3. The van der Waals surface area contributed by atoms with Gasteiger partial charge in [0.25, 0.3) is 0 Å². The van der Waals surface area contributed by atoms with Crippen LogP contribution in [0.5, 0.6) is 0 Å². The molecule has 0 radical (unpaired) electrons. The van der Waals surface area contributed by atoms with Gasteiger partial charge in [-0.3, -0.25) is 0 Å². The number of hydrogen-bond donors (Lipinski definition) is 3. The van der Waals surface area contributed by atoms with Gasteiger partial charge in [0.2, 0.25) is 0 Å². The van der Waals surface area contributed by atoms with E-state index in [-0.39, 0.29) is 6.54 Å². The predicted molar refractivity (Wildman–Crippen MR) is 60.7 cm³/mol. The Morgan fingerprint density at radius 3 is 2.00 bits per heavy atom. The van der Waals surface area contributed by atoms with E-state index in [0.29, 0.717) is 0 Å². The molecule has 0 aromatic heterocycles. The number of aryl methyl sites for hydroxylation is 3. The molecule has 0 fully saturated rings. The van der Waals surface area contributed by atoms with Crippen molar-refractivity contribution in [3.8, 4) is 0 Å². The van der Waals surface area contributed by atoms with Crippen LogP contribution in [0.4, 0.5) is 0 Å². The topological polar surface area (TPSA) is 66.5 Å². The van der Waals surface area contributed by atoms with Crippen molar-refractivity contribution in [3.05, 3.63) is 34.4 Å². The summed E-state index contributed by atoms with van der Waals surface area (Å²) in [7, 11) is 0. The van der Waals surface area contributed by atoms with Crippen molar-refractivity contribution < 1.29 is 10.2 Å². The molecule has 4 N–H and O–H groups in total. The van der Waals surface area contributed by atoms with E-state index >= 15 is 0 Å². The molecule has 3 heteroatoms. The highest BCUT2D eigenvalue weighted by atomic mass is 16.3. The quantitative estimate of drug-likeness (QED) is 0.694. The Morgan fingerprint density at radius 1 is 1.13 bits per heavy atom. The Morgan fingerprint density at radius 2 is 1.60 bits per heavy atom. The van der Waals surface area contributed by atoms with Gasteiger partial charge in [-0.25, -0.2) is 0 Å². The minimum Gasteiger partial charge on any atom is -0.389 e. The molecule has 84 valence electrons. The summed E-state index contributed by atoms with van der Waals surface area (Å²) in [5.41, 5.74) is 9.26. The molecule has 0 aliphatic rings. The molecule has 0 saturated heterocycles. The van der Waals surface area contributed by atoms with Crippen LogP contribution in [0.1, 0.15) is 28.4 Å². The molecule has 0 aliphatic heterocycles. The molecule has 2 atom stereocenters. The van der Waals surface area contributed by atoms with Gasteiger partial charge in [0.1, 0.15) is 6.10 Å². The number of aliphatic hydroxyl groups is 2. The molecule has 0 saturated carbocycles. The maximum absolute atomic E-state index is 9.91. The second-order valence-corrected chi connectivity index (χ2v) is 4.06. The van der Waals surface area contributed by atoms with E-state index in [9.17, 15) is 10.2 Å². The van der Waals surface area contributed by atoms with E-state index in [4.69, 9.17) is 5.73 Å². The minimum atomic E-state index is -0.898. The molecule has 0 aliphatic carbocycles. The summed E-state index contributed by atoms with van der Waals surface area (Å²) in [4.78, 5) is 0. The van der Waals surface area contributed by atoms with E-state index in [1.54, 1.807) is 0 Å². The molecule has 3 nitrogen and oxygen atoms in total. The van der Waals surface area contributed by atoms with Crippen molar-refractivity contribution in [2.45, 2.75) is 33.0 Å². The zero-order valence-electron chi connectivity index (χ0n) is 9.49. The van der Waals surface area contributed by atoms with Gasteiger partial charge in [-0.15, -0.1) is 0 Å². The van der Waals surface area contributed by atoms with Crippen LogP contribution < -0.4 is 5.73 Å². The third-order valence-electron chi connectivity index (χ3n) is 2.64. The van der Waals surface area contributed by atoms with E-state index in [1.807, 2.05) is 32.9 Å². The van der Waals surface area contributed by atoms with Gasteiger partial charge in [-0.05, 0) is 37.5 Å². The first-order chi connectivity index (χ1) is 6.97. The Balaban J connectivity index is 3.13. The lowest BCUT2D eigenvalue weighted by Crippen LogP contribution is -2.28. The lowest BCUT2D eigenvalue weighted by atomic mass is 9.93. The number of nitrogens with two attached hydrogens (primary N) is 1. The lowest BCUT2D eigenvalue weighted by Gasteiger charge is -2.21. The molecular weight excluding hydrogens is 190 g/mol. The van der Waals surface area contributed by atoms with Crippen LogP contribution in [0.3, 0.4) is 0 Å². The molecule has 2 unspecified atom stereocenters. The molecule has 15 heavy (non-hydrogen) atoms. The van der Waals surface area contributed by atoms with E-state index in [1.165, 1.54) is 0 Å². The van der Waals surface area contributed by atoms with Gasteiger partial charge in [0.15, 0.2) is 0 Å². The zero-order valence-corrected chi connectivity index (χ0v) is 9.49. The Bertz CT molecular complexity index is 326. The average molecular weight is 209 g/mol. The first kappa shape index (κ1) is 12.2. The summed E-state index contributed by atoms with van der Waals surface area (Å²) in [5, 5.41) is 19.4. The fraction of sp³-hybridized carbons (Fsp3) is 0.500. The fourth-order valence-electron chi connectivity index (χ4n) is 1.98. The SMILES string of the molecule is Cc1cc(C)c(C(O)C(O)CN)c(C)c1. The molecule has 0 bridgehead atoms. The fourth-order valence-corrected chi connectivity index (χ4v) is 1.98. The third-order valence-corrected chi connectivity index (χ3v) is 2.64. The summed E-state index contributed by atoms with van der Waals surface area (Å²) in [6.07, 6.45) is -1.79. The maximum Gasteiger partial charge on any atom is 0.107 e. The standard InChI is InChI=1S/C12H19NO2/c1-7-4-8(2)11(9(3)5-7)12(15)10(14)6-13/h4-5,10,12,14-15H,6,13H2,1-3H3. The smallest absolute Gasteiger partial charge is 0.107 e. The lowest BCUT2D eigenvalue weighted by molar-refractivity contribution is 0.0236. The van der Waals surface area contributed by atoms with E-state index < -0.39 is 12.2 Å². The highest BCUT2D eigenvalue weighted by Gasteiger charge is 2.20. The Hall–Kier alpha value is -0.900. The van der Waals surface area contributed by atoms with Crippen LogP contribution in [0.2, 0.25) is 0 Å². The maximum atomic E-state index is 9.91. The predicted octanol–water partition coefficient (Wildman–Crippen LogP) is 0.965. The van der Waals surface area contributed by atoms with E-state index in [2.05, 4.69) is 0 Å². The van der Waals surface area contributed by atoms with Crippen molar-refractivity contribution in [1.82, 2.24) is 0 Å². The van der Waals surface area contributed by atoms with Crippen LogP contribution in [-0.4, -0.2) is 22.9 Å². The van der Waals surface area contributed by atoms with Crippen LogP contribution in [-0.2, 0) is 0 Å². The minimum absolute atomic E-state index is 0.0634. The summed E-state index contributed by atoms with van der Waals surface area (Å²) in [5.74, 6) is 0. The molecule has 1 aromatic rings. The summed E-state index contributed by atoms with van der Waals surface area (Å²) >= 11 is 0. The second-order valence-electron chi connectivity index (χ2n) is 4.06. The summed E-state index contributed by atoms with van der Waals surface area (Å²) in [6.45, 7) is 5.94. The normalized spacial score (nSPS) is 15.1. The van der Waals surface area contributed by atoms with Crippen LogP contribution in [0.25, 0.3) is 0 Å². The third kappa shape index (κ3) is 2.56. The second kappa shape index (κ2) is 4.75. The monoisotopic (exact) mass is 209 g/mol. The van der Waals surface area contributed by atoms with Crippen LogP contribution in [0, 0.1) is 20.8 Å². The Kier molecular flexibility index (Phi) is 3.85. The van der Waals surface area contributed by atoms with Crippen LogP contribution >= 0.6 is 0 Å². The highest BCUT2D eigenvalue weighted by molar-refractivity contribution is 5.39. The van der Waals surface area contributed by atoms with E-state index in [0.717, 1.165) is 22.3 Å². The molecule has 0 amide bonds. The largest absolute Gasteiger partial charge is 0.389 e. The van der Waals surface area contributed by atoms with Gasteiger partial charge in [-0.1, -0.05) is 17.7 Å². The zero-order chi connectivity index (χ0) is 11.6. The number of hydrogen-bond acceptors (Lipinski definition) is 3. The van der Waals surface area contributed by atoms with Gasteiger partial charge in [0.05, 0.1) is 6.10 Å². The van der Waals surface area contributed by atoms with Crippen molar-refractivity contribution in [2.75, 3.05) is 6.54 Å². The average Bonchev–Trinajstić information content (AvgIpc) is 2.14. The summed E-state index contributed by atoms with van der Waals surface area (Å²) in [6, 6.07) is 3.99. The molecular formula is C12H19NO2. The number of aliphatic hydroxyl groups excluding tert-OH is 2. The Labute approximate surface area is 90.5 Å². The van der Waals surface area contributed by atoms with Gasteiger partial charge in [-0.2, -0.15) is 0 Å². The van der Waals surface area contributed by atoms with Crippen molar-refractivity contribution in [3.63, 3.8) is 0 Å². The van der Waals surface area contributed by atoms with Crippen molar-refractivity contribution in [2.24, 2.45) is 5.73 Å². The molecule has 1 aromatic carbocycles. The molecule has 0 spiro atoms. The summed E-state index contributed by atoms with van der Waals surface area (Å²) < 4.78 is 0. The van der Waals surface area contributed by atoms with Gasteiger partial charge >= 0.3 is 0 Å². The molecule has 1 rings (SSSR count). The number of benzene rings is 1. The van der Waals surface area contributed by atoms with Crippen molar-refractivity contribution >= 4 is 0 Å². The molecule has 0 heterocycles. The van der Waals surface area contributed by atoms with Crippen LogP contribution in [0.15, 0.2) is 12.1 Å². The first-order valence-corrected chi connectivity index (χ1v) is 5.11.